The zero-order chi connectivity index (χ0) is 23.2. The van der Waals surface area contributed by atoms with Gasteiger partial charge in [-0.2, -0.15) is 0 Å². The Balaban J connectivity index is 1.36. The topological polar surface area (TPSA) is 85.5 Å². The van der Waals surface area contributed by atoms with Crippen LogP contribution in [0.2, 0.25) is 0 Å². The quantitative estimate of drug-likeness (QED) is 0.595. The van der Waals surface area contributed by atoms with E-state index in [-0.39, 0.29) is 17.8 Å². The molecule has 7 heteroatoms. The summed E-state index contributed by atoms with van der Waals surface area (Å²) in [7, 11) is 0. The molecule has 170 valence electrons. The average Bonchev–Trinajstić information content (AvgIpc) is 2.85. The monoisotopic (exact) mass is 447 g/mol. The fourth-order valence-electron chi connectivity index (χ4n) is 3.90. The van der Waals surface area contributed by atoms with Crippen LogP contribution >= 0.6 is 0 Å². The van der Waals surface area contributed by atoms with E-state index in [1.54, 1.807) is 24.3 Å². The molecule has 2 amide bonds. The molecule has 1 unspecified atom stereocenters. The van der Waals surface area contributed by atoms with Gasteiger partial charge < -0.3 is 15.4 Å². The first-order valence-electron chi connectivity index (χ1n) is 11.0. The lowest BCUT2D eigenvalue weighted by Gasteiger charge is -2.33. The highest BCUT2D eigenvalue weighted by Gasteiger charge is 2.26. The minimum atomic E-state index is -0.471. The summed E-state index contributed by atoms with van der Waals surface area (Å²) >= 11 is 0. The lowest BCUT2D eigenvalue weighted by molar-refractivity contribution is -0.139. The molecule has 0 spiro atoms. The van der Waals surface area contributed by atoms with Gasteiger partial charge in [0, 0.05) is 24.1 Å². The molecule has 1 atom stereocenters. The molecule has 4 rings (SSSR count). The second-order valence-corrected chi connectivity index (χ2v) is 8.07. The van der Waals surface area contributed by atoms with E-state index < -0.39 is 5.91 Å². The maximum atomic E-state index is 13.0. The number of aryl methyl sites for hydroxylation is 1. The van der Waals surface area contributed by atoms with Crippen molar-refractivity contribution in [3.05, 3.63) is 89.4 Å². The maximum Gasteiger partial charge on any atom is 0.248 e. The van der Waals surface area contributed by atoms with E-state index in [1.165, 1.54) is 12.1 Å². The van der Waals surface area contributed by atoms with Crippen molar-refractivity contribution in [2.75, 3.05) is 19.7 Å². The van der Waals surface area contributed by atoms with Crippen molar-refractivity contribution >= 4 is 11.8 Å². The fourth-order valence-corrected chi connectivity index (χ4v) is 3.90. The van der Waals surface area contributed by atoms with Crippen LogP contribution in [0, 0.1) is 5.82 Å². The fraction of sp³-hybridized carbons (Fsp3) is 0.269. The Bertz CT molecular complexity index is 1120. The van der Waals surface area contributed by atoms with Crippen molar-refractivity contribution < 1.29 is 18.7 Å². The summed E-state index contributed by atoms with van der Waals surface area (Å²) in [6, 6.07) is 19.1. The highest BCUT2D eigenvalue weighted by Crippen LogP contribution is 2.25. The van der Waals surface area contributed by atoms with Gasteiger partial charge in [-0.1, -0.05) is 30.3 Å². The van der Waals surface area contributed by atoms with E-state index in [1.807, 2.05) is 35.2 Å². The van der Waals surface area contributed by atoms with Crippen LogP contribution in [0.4, 0.5) is 4.39 Å². The molecule has 2 N–H and O–H groups in total. The second-order valence-electron chi connectivity index (χ2n) is 8.07. The summed E-state index contributed by atoms with van der Waals surface area (Å²) in [5.74, 6) is -0.639. The van der Waals surface area contributed by atoms with Crippen LogP contribution in [0.3, 0.4) is 0 Å². The number of rotatable bonds is 7. The van der Waals surface area contributed by atoms with Crippen LogP contribution < -0.4 is 5.73 Å². The van der Waals surface area contributed by atoms with E-state index in [9.17, 15) is 14.0 Å². The van der Waals surface area contributed by atoms with E-state index in [2.05, 4.69) is 0 Å². The molecule has 33 heavy (non-hydrogen) atoms. The lowest BCUT2D eigenvalue weighted by atomic mass is 10.1. The van der Waals surface area contributed by atoms with Gasteiger partial charge in [0.05, 0.1) is 24.5 Å². The van der Waals surface area contributed by atoms with E-state index in [0.29, 0.717) is 38.1 Å². The molecular formula is C26H26FN3O3. The first-order chi connectivity index (χ1) is 16.0. The van der Waals surface area contributed by atoms with Gasteiger partial charge in [-0.25, -0.2) is 9.37 Å². The van der Waals surface area contributed by atoms with Gasteiger partial charge in [0.15, 0.2) is 0 Å². The zero-order valence-corrected chi connectivity index (χ0v) is 18.2. The Morgan fingerprint density at radius 3 is 2.55 bits per heavy atom. The third-order valence-corrected chi connectivity index (χ3v) is 5.75. The van der Waals surface area contributed by atoms with Gasteiger partial charge in [0.2, 0.25) is 11.8 Å². The van der Waals surface area contributed by atoms with Crippen molar-refractivity contribution in [1.82, 2.24) is 9.88 Å². The Hall–Kier alpha value is -3.58. The number of carbonyl (C=O) groups excluding carboxylic acids is 2. The van der Waals surface area contributed by atoms with Crippen LogP contribution in [-0.2, 0) is 16.0 Å². The number of ether oxygens (including phenoxy) is 1. The van der Waals surface area contributed by atoms with E-state index in [0.717, 1.165) is 28.9 Å². The van der Waals surface area contributed by atoms with Crippen molar-refractivity contribution in [3.8, 4) is 11.3 Å². The molecular weight excluding hydrogens is 421 g/mol. The van der Waals surface area contributed by atoms with Crippen molar-refractivity contribution in [2.24, 2.45) is 5.73 Å². The maximum absolute atomic E-state index is 13.0. The van der Waals surface area contributed by atoms with Gasteiger partial charge in [-0.05, 0) is 54.8 Å². The van der Waals surface area contributed by atoms with Crippen LogP contribution in [0.25, 0.3) is 11.3 Å². The Morgan fingerprint density at radius 2 is 1.82 bits per heavy atom. The van der Waals surface area contributed by atoms with Gasteiger partial charge >= 0.3 is 0 Å². The molecule has 2 aromatic carbocycles. The number of nitrogens with two attached hydrogens (primary N) is 1. The SMILES string of the molecule is NC(=O)c1ccc(-c2cccc(C3CN(C(=O)CCCc4ccc(F)cc4)CCO3)n2)cc1. The number of pyridine rings is 1. The number of halogens is 1. The molecule has 1 saturated heterocycles. The van der Waals surface area contributed by atoms with Gasteiger partial charge in [-0.15, -0.1) is 0 Å². The highest BCUT2D eigenvalue weighted by atomic mass is 19.1. The molecule has 0 saturated carbocycles. The number of hydrogen-bond donors (Lipinski definition) is 1. The summed E-state index contributed by atoms with van der Waals surface area (Å²) in [4.78, 5) is 30.6. The van der Waals surface area contributed by atoms with E-state index in [4.69, 9.17) is 15.5 Å². The predicted molar refractivity (Wildman–Crippen MR) is 123 cm³/mol. The van der Waals surface area contributed by atoms with Gasteiger partial charge in [-0.3, -0.25) is 9.59 Å². The largest absolute Gasteiger partial charge is 0.368 e. The third-order valence-electron chi connectivity index (χ3n) is 5.75. The number of hydrogen-bond acceptors (Lipinski definition) is 4. The van der Waals surface area contributed by atoms with Crippen LogP contribution in [-0.4, -0.2) is 41.4 Å². The Kier molecular flexibility index (Phi) is 7.10. The third kappa shape index (κ3) is 5.81. The second kappa shape index (κ2) is 10.4. The van der Waals surface area contributed by atoms with Crippen LogP contribution in [0.15, 0.2) is 66.7 Å². The number of nitrogens with zero attached hydrogens (tertiary/aromatic N) is 2. The number of benzene rings is 2. The smallest absolute Gasteiger partial charge is 0.248 e. The summed E-state index contributed by atoms with van der Waals surface area (Å²) in [5.41, 5.74) is 9.16. The molecule has 1 aliphatic rings. The number of carbonyl (C=O) groups is 2. The van der Waals surface area contributed by atoms with Crippen LogP contribution in [0.5, 0.6) is 0 Å². The molecule has 0 bridgehead atoms. The summed E-state index contributed by atoms with van der Waals surface area (Å²) in [5, 5.41) is 0. The molecule has 1 fully saturated rings. The molecule has 1 aliphatic heterocycles. The lowest BCUT2D eigenvalue weighted by Crippen LogP contribution is -2.42. The van der Waals surface area contributed by atoms with Gasteiger partial charge in [0.1, 0.15) is 11.9 Å². The van der Waals surface area contributed by atoms with Crippen molar-refractivity contribution in [2.45, 2.75) is 25.4 Å². The van der Waals surface area contributed by atoms with Gasteiger partial charge in [0.25, 0.3) is 0 Å². The highest BCUT2D eigenvalue weighted by molar-refractivity contribution is 5.93. The normalized spacial score (nSPS) is 15.9. The van der Waals surface area contributed by atoms with Crippen molar-refractivity contribution in [3.63, 3.8) is 0 Å². The molecule has 1 aromatic heterocycles. The summed E-state index contributed by atoms with van der Waals surface area (Å²) < 4.78 is 18.9. The summed E-state index contributed by atoms with van der Waals surface area (Å²) in [6.07, 6.45) is 1.58. The Labute approximate surface area is 192 Å². The molecule has 2 heterocycles. The van der Waals surface area contributed by atoms with Crippen molar-refractivity contribution in [1.29, 1.82) is 0 Å². The minimum absolute atomic E-state index is 0.0867. The molecule has 0 radical (unpaired) electrons. The summed E-state index contributed by atoms with van der Waals surface area (Å²) in [6.45, 7) is 1.46. The predicted octanol–water partition coefficient (Wildman–Crippen LogP) is 3.91. The van der Waals surface area contributed by atoms with Crippen LogP contribution in [0.1, 0.15) is 40.6 Å². The first kappa shape index (κ1) is 22.6. The minimum Gasteiger partial charge on any atom is -0.368 e. The standard InChI is InChI=1S/C26H26FN3O3/c27-21-13-7-18(8-14-21)3-1-6-25(31)30-15-16-33-24(17-30)23-5-2-4-22(29-23)19-9-11-20(12-10-19)26(28)32/h2,4-5,7-14,24H,1,3,6,15-17H2,(H2,28,32). The molecule has 0 aliphatic carbocycles. The number of morpholine rings is 1. The molecule has 3 aromatic rings. The van der Waals surface area contributed by atoms with E-state index >= 15 is 0 Å². The Morgan fingerprint density at radius 1 is 1.06 bits per heavy atom. The zero-order valence-electron chi connectivity index (χ0n) is 18.2. The number of primary amides is 1. The number of aromatic nitrogens is 1. The molecule has 6 nitrogen and oxygen atoms in total. The average molecular weight is 448 g/mol. The number of amides is 2. The first-order valence-corrected chi connectivity index (χ1v) is 11.0.